The van der Waals surface area contributed by atoms with E-state index in [0.29, 0.717) is 6.54 Å². The number of carbonyl (C=O) groups is 2. The summed E-state index contributed by atoms with van der Waals surface area (Å²) in [5, 5.41) is 9.24. The van der Waals surface area contributed by atoms with Crippen molar-refractivity contribution in [3.05, 3.63) is 94.5 Å². The van der Waals surface area contributed by atoms with Crippen LogP contribution in [0.3, 0.4) is 0 Å². The molecule has 0 radical (unpaired) electrons. The molecule has 1 N–H and O–H groups in total. The van der Waals surface area contributed by atoms with Crippen LogP contribution in [0.25, 0.3) is 11.1 Å². The fraction of sp³-hybridized carbons (Fsp3) is 0.200. The molecule has 1 amide bonds. The first-order valence-electron chi connectivity index (χ1n) is 10.0. The maximum Gasteiger partial charge on any atom is 0.410 e. The number of rotatable bonds is 3. The third-order valence-electron chi connectivity index (χ3n) is 6.22. The van der Waals surface area contributed by atoms with Gasteiger partial charge in [0.2, 0.25) is 0 Å². The highest BCUT2D eigenvalue weighted by Gasteiger charge is 2.34. The highest BCUT2D eigenvalue weighted by Crippen LogP contribution is 2.44. The van der Waals surface area contributed by atoms with E-state index in [2.05, 4.69) is 24.3 Å². The molecule has 5 nitrogen and oxygen atoms in total. The van der Waals surface area contributed by atoms with E-state index >= 15 is 0 Å². The zero-order valence-electron chi connectivity index (χ0n) is 16.5. The Labute approximate surface area is 174 Å². The van der Waals surface area contributed by atoms with Crippen LogP contribution in [0.5, 0.6) is 0 Å². The van der Waals surface area contributed by atoms with E-state index in [1.54, 1.807) is 23.1 Å². The first-order chi connectivity index (χ1) is 14.5. The van der Waals surface area contributed by atoms with Crippen LogP contribution in [-0.4, -0.2) is 28.7 Å². The molecule has 0 fully saturated rings. The molecule has 0 unspecified atom stereocenters. The van der Waals surface area contributed by atoms with Gasteiger partial charge in [0.25, 0.3) is 0 Å². The minimum atomic E-state index is -0.968. The van der Waals surface area contributed by atoms with Crippen LogP contribution in [0.2, 0.25) is 0 Å². The van der Waals surface area contributed by atoms with E-state index in [-0.39, 0.29) is 30.2 Å². The molecule has 1 aliphatic carbocycles. The van der Waals surface area contributed by atoms with Crippen LogP contribution in [0, 0.1) is 0 Å². The van der Waals surface area contributed by atoms with E-state index in [9.17, 15) is 14.7 Å². The number of nitrogens with zero attached hydrogens (tertiary/aromatic N) is 1. The van der Waals surface area contributed by atoms with Gasteiger partial charge in [0.15, 0.2) is 0 Å². The van der Waals surface area contributed by atoms with E-state index in [1.165, 1.54) is 22.3 Å². The summed E-state index contributed by atoms with van der Waals surface area (Å²) in [6.07, 6.45) is -0.377. The first kappa shape index (κ1) is 18.4. The molecule has 1 atom stereocenters. The Hall–Kier alpha value is -3.60. The number of carboxylic acids is 1. The van der Waals surface area contributed by atoms with Crippen molar-refractivity contribution < 1.29 is 19.4 Å². The zero-order valence-corrected chi connectivity index (χ0v) is 16.5. The van der Waals surface area contributed by atoms with Crippen LogP contribution in [0.1, 0.15) is 51.5 Å². The number of benzene rings is 3. The van der Waals surface area contributed by atoms with Crippen molar-refractivity contribution >= 4 is 12.1 Å². The van der Waals surface area contributed by atoms with Crippen LogP contribution in [-0.2, 0) is 11.3 Å². The second-order valence-electron chi connectivity index (χ2n) is 7.83. The highest BCUT2D eigenvalue weighted by molar-refractivity contribution is 5.88. The molecule has 30 heavy (non-hydrogen) atoms. The lowest BCUT2D eigenvalue weighted by atomic mass is 9.98. The summed E-state index contributed by atoms with van der Waals surface area (Å²) in [6, 6.07) is 21.3. The fourth-order valence-corrected chi connectivity index (χ4v) is 4.65. The number of carbonyl (C=O) groups excluding carboxylic acids is 1. The summed E-state index contributed by atoms with van der Waals surface area (Å²) in [4.78, 5) is 25.8. The molecule has 0 bridgehead atoms. The maximum atomic E-state index is 12.9. The lowest BCUT2D eigenvalue weighted by Crippen LogP contribution is -2.30. The molecule has 3 aromatic carbocycles. The maximum absolute atomic E-state index is 12.9. The Morgan fingerprint density at radius 3 is 2.23 bits per heavy atom. The minimum Gasteiger partial charge on any atom is -0.478 e. The van der Waals surface area contributed by atoms with Crippen molar-refractivity contribution in [1.82, 2.24) is 4.90 Å². The van der Waals surface area contributed by atoms with Gasteiger partial charge in [-0.3, -0.25) is 4.90 Å². The summed E-state index contributed by atoms with van der Waals surface area (Å²) < 4.78 is 5.77. The van der Waals surface area contributed by atoms with Gasteiger partial charge in [0.1, 0.15) is 6.61 Å². The molecule has 0 saturated heterocycles. The van der Waals surface area contributed by atoms with Crippen molar-refractivity contribution in [1.29, 1.82) is 0 Å². The van der Waals surface area contributed by atoms with Gasteiger partial charge < -0.3 is 9.84 Å². The predicted molar refractivity (Wildman–Crippen MR) is 112 cm³/mol. The smallest absolute Gasteiger partial charge is 0.410 e. The largest absolute Gasteiger partial charge is 0.478 e. The third kappa shape index (κ3) is 2.86. The molecule has 1 aliphatic heterocycles. The van der Waals surface area contributed by atoms with Gasteiger partial charge in [-0.2, -0.15) is 0 Å². The number of hydrogen-bond acceptors (Lipinski definition) is 3. The van der Waals surface area contributed by atoms with Gasteiger partial charge in [-0.15, -0.1) is 0 Å². The SMILES string of the molecule is C[C@@H]1c2cc(C(=O)O)ccc2CN1C(=O)OCC1c2ccccc2-c2ccccc21. The van der Waals surface area contributed by atoms with Crippen molar-refractivity contribution in [2.75, 3.05) is 6.61 Å². The lowest BCUT2D eigenvalue weighted by Gasteiger charge is -2.23. The predicted octanol–water partition coefficient (Wildman–Crippen LogP) is 5.21. The van der Waals surface area contributed by atoms with Crippen LogP contribution < -0.4 is 0 Å². The molecule has 0 spiro atoms. The Morgan fingerprint density at radius 1 is 0.967 bits per heavy atom. The molecule has 0 aromatic heterocycles. The topological polar surface area (TPSA) is 66.8 Å². The zero-order chi connectivity index (χ0) is 20.8. The molecule has 1 heterocycles. The van der Waals surface area contributed by atoms with E-state index in [0.717, 1.165) is 11.1 Å². The van der Waals surface area contributed by atoms with Crippen LogP contribution >= 0.6 is 0 Å². The van der Waals surface area contributed by atoms with E-state index in [1.807, 2.05) is 31.2 Å². The number of carboxylic acid groups (broad SMARTS) is 1. The first-order valence-corrected chi connectivity index (χ1v) is 10.0. The average Bonchev–Trinajstić information content (AvgIpc) is 3.27. The Balaban J connectivity index is 1.34. The summed E-state index contributed by atoms with van der Waals surface area (Å²) in [5.74, 6) is -0.954. The Morgan fingerprint density at radius 2 is 1.60 bits per heavy atom. The Kier molecular flexibility index (Phi) is 4.31. The van der Waals surface area contributed by atoms with E-state index < -0.39 is 5.97 Å². The van der Waals surface area contributed by atoms with Crippen molar-refractivity contribution in [2.45, 2.75) is 25.4 Å². The van der Waals surface area contributed by atoms with Gasteiger partial charge in [-0.25, -0.2) is 9.59 Å². The summed E-state index contributed by atoms with van der Waals surface area (Å²) >= 11 is 0. The summed E-state index contributed by atoms with van der Waals surface area (Å²) in [7, 11) is 0. The molecular formula is C25H21NO4. The standard InChI is InChI=1S/C25H21NO4/c1-15-22-12-16(24(27)28)10-11-17(22)13-26(15)25(29)30-14-23-20-8-4-2-6-18(20)19-7-3-5-9-21(19)23/h2-12,15,23H,13-14H2,1H3,(H,27,28)/t15-/m1/s1. The van der Waals surface area contributed by atoms with Crippen LogP contribution in [0.4, 0.5) is 4.79 Å². The molecule has 3 aromatic rings. The second kappa shape index (κ2) is 7.02. The van der Waals surface area contributed by atoms with Gasteiger partial charge in [-0.1, -0.05) is 54.6 Å². The molecule has 5 rings (SSSR count). The molecule has 5 heteroatoms. The Bertz CT molecular complexity index is 1120. The van der Waals surface area contributed by atoms with Gasteiger partial charge >= 0.3 is 12.1 Å². The summed E-state index contributed by atoms with van der Waals surface area (Å²) in [6.45, 7) is 2.60. The third-order valence-corrected chi connectivity index (χ3v) is 6.22. The number of aromatic carboxylic acids is 1. The highest BCUT2D eigenvalue weighted by atomic mass is 16.6. The molecule has 150 valence electrons. The quantitative estimate of drug-likeness (QED) is 0.656. The monoisotopic (exact) mass is 399 g/mol. The van der Waals surface area contributed by atoms with Crippen LogP contribution in [0.15, 0.2) is 66.7 Å². The van der Waals surface area contributed by atoms with Crippen molar-refractivity contribution in [3.63, 3.8) is 0 Å². The second-order valence-corrected chi connectivity index (χ2v) is 7.83. The number of fused-ring (bicyclic) bond motifs is 4. The summed E-state index contributed by atoms with van der Waals surface area (Å²) in [5.41, 5.74) is 6.79. The van der Waals surface area contributed by atoms with Gasteiger partial charge in [0, 0.05) is 12.5 Å². The fourth-order valence-electron chi connectivity index (χ4n) is 4.65. The van der Waals surface area contributed by atoms with Crippen molar-refractivity contribution in [3.8, 4) is 11.1 Å². The molecular weight excluding hydrogens is 378 g/mol. The normalized spacial score (nSPS) is 16.7. The number of ether oxygens (including phenoxy) is 1. The number of hydrogen-bond donors (Lipinski definition) is 1. The van der Waals surface area contributed by atoms with E-state index in [4.69, 9.17) is 4.74 Å². The average molecular weight is 399 g/mol. The van der Waals surface area contributed by atoms with Gasteiger partial charge in [0.05, 0.1) is 11.6 Å². The molecule has 2 aliphatic rings. The van der Waals surface area contributed by atoms with Gasteiger partial charge in [-0.05, 0) is 52.4 Å². The van der Waals surface area contributed by atoms with Crippen molar-refractivity contribution in [2.24, 2.45) is 0 Å². The number of amides is 1. The lowest BCUT2D eigenvalue weighted by molar-refractivity contribution is 0.0696. The molecule has 0 saturated carbocycles. The minimum absolute atomic E-state index is 0.0141.